The van der Waals surface area contributed by atoms with E-state index in [2.05, 4.69) is 129 Å². The SMILES string of the molecule is CC(C)N=C(c1ccccc1)N(C(C)C)[Si]1N(C(C)C)C(c2ccccc2)=[N+]1C(C)C. The van der Waals surface area contributed by atoms with Crippen molar-refractivity contribution in [2.45, 2.75) is 79.6 Å². The van der Waals surface area contributed by atoms with Crippen molar-refractivity contribution >= 4 is 21.0 Å². The Morgan fingerprint density at radius 2 is 1.39 bits per heavy atom. The molecule has 1 radical (unpaired) electrons. The fraction of sp³-hybridized carbons (Fsp3) is 0.462. The third-order valence-corrected chi connectivity index (χ3v) is 8.80. The lowest BCUT2D eigenvalue weighted by Crippen LogP contribution is -2.77. The van der Waals surface area contributed by atoms with Crippen LogP contribution in [-0.2, 0) is 0 Å². The summed E-state index contributed by atoms with van der Waals surface area (Å²) >= 11 is 0. The summed E-state index contributed by atoms with van der Waals surface area (Å²) in [6.45, 7) is 18.2. The molecular weight excluding hydrogens is 396 g/mol. The van der Waals surface area contributed by atoms with Gasteiger partial charge in [0.2, 0.25) is 0 Å². The summed E-state index contributed by atoms with van der Waals surface area (Å²) in [6.07, 6.45) is 0. The van der Waals surface area contributed by atoms with E-state index in [1.54, 1.807) is 0 Å². The fourth-order valence-corrected chi connectivity index (χ4v) is 7.27. The quantitative estimate of drug-likeness (QED) is 0.342. The molecule has 0 atom stereocenters. The average Bonchev–Trinajstić information content (AvgIpc) is 2.69. The molecule has 0 N–H and O–H groups in total. The van der Waals surface area contributed by atoms with Crippen LogP contribution in [0.5, 0.6) is 0 Å². The Bertz CT molecular complexity index is 917. The third-order valence-electron chi connectivity index (χ3n) is 5.32. The van der Waals surface area contributed by atoms with Crippen LogP contribution in [-0.4, -0.2) is 58.5 Å². The van der Waals surface area contributed by atoms with E-state index in [0.717, 1.165) is 5.84 Å². The summed E-state index contributed by atoms with van der Waals surface area (Å²) in [5.41, 5.74) is 2.49. The Morgan fingerprint density at radius 1 is 0.839 bits per heavy atom. The molecule has 2 aromatic carbocycles. The number of aliphatic imine (C=N–C) groups is 1. The van der Waals surface area contributed by atoms with E-state index < -0.39 is 9.28 Å². The minimum atomic E-state index is -1.22. The Hall–Kier alpha value is -2.40. The Morgan fingerprint density at radius 3 is 1.84 bits per heavy atom. The van der Waals surface area contributed by atoms with Gasteiger partial charge in [-0.3, -0.25) is 13.8 Å². The maximum atomic E-state index is 5.16. The van der Waals surface area contributed by atoms with Crippen LogP contribution in [0.2, 0.25) is 0 Å². The molecule has 5 heteroatoms. The highest BCUT2D eigenvalue weighted by Crippen LogP contribution is 2.28. The smallest absolute Gasteiger partial charge is 0.305 e. The van der Waals surface area contributed by atoms with Crippen molar-refractivity contribution in [3.8, 4) is 0 Å². The second kappa shape index (κ2) is 9.82. The Balaban J connectivity index is 2.20. The number of nitrogens with zero attached hydrogens (tertiary/aromatic N) is 4. The van der Waals surface area contributed by atoms with E-state index in [0.29, 0.717) is 18.1 Å². The molecule has 165 valence electrons. The molecule has 0 bridgehead atoms. The molecule has 0 amide bonds. The van der Waals surface area contributed by atoms with Crippen LogP contribution in [0.1, 0.15) is 66.5 Å². The summed E-state index contributed by atoms with van der Waals surface area (Å²) in [7, 11) is -1.22. The second-order valence-electron chi connectivity index (χ2n) is 9.29. The van der Waals surface area contributed by atoms with Crippen molar-refractivity contribution in [2.75, 3.05) is 0 Å². The number of benzene rings is 2. The van der Waals surface area contributed by atoms with Gasteiger partial charge in [-0.2, -0.15) is 0 Å². The predicted molar refractivity (Wildman–Crippen MR) is 134 cm³/mol. The third kappa shape index (κ3) is 4.77. The van der Waals surface area contributed by atoms with Gasteiger partial charge >= 0.3 is 9.28 Å². The molecular formula is C26H38N4Si+. The van der Waals surface area contributed by atoms with Crippen molar-refractivity contribution < 1.29 is 4.24 Å². The molecule has 0 aliphatic carbocycles. The van der Waals surface area contributed by atoms with Gasteiger partial charge in [0, 0.05) is 17.6 Å². The molecule has 1 aliphatic heterocycles. The Kier molecular flexibility index (Phi) is 7.37. The molecule has 0 aromatic heterocycles. The first-order chi connectivity index (χ1) is 14.7. The molecule has 0 unspecified atom stereocenters. The van der Waals surface area contributed by atoms with Gasteiger partial charge < -0.3 is 4.57 Å². The lowest BCUT2D eigenvalue weighted by Gasteiger charge is -2.45. The topological polar surface area (TPSA) is 21.9 Å². The molecule has 1 heterocycles. The van der Waals surface area contributed by atoms with Gasteiger partial charge in [-0.05, 0) is 67.5 Å². The highest BCUT2D eigenvalue weighted by molar-refractivity contribution is 6.57. The number of hydrogen-bond acceptors (Lipinski definition) is 2. The molecule has 31 heavy (non-hydrogen) atoms. The normalized spacial score (nSPS) is 15.5. The van der Waals surface area contributed by atoms with E-state index in [-0.39, 0.29) is 6.04 Å². The van der Waals surface area contributed by atoms with Gasteiger partial charge in [-0.25, -0.2) is 0 Å². The van der Waals surface area contributed by atoms with Crippen LogP contribution in [0.25, 0.3) is 0 Å². The maximum Gasteiger partial charge on any atom is 0.704 e. The van der Waals surface area contributed by atoms with Gasteiger partial charge in [0.1, 0.15) is 5.84 Å². The van der Waals surface area contributed by atoms with Gasteiger partial charge in [0.25, 0.3) is 5.84 Å². The highest BCUT2D eigenvalue weighted by atomic mass is 28.3. The first-order valence-electron chi connectivity index (χ1n) is 11.5. The van der Waals surface area contributed by atoms with Gasteiger partial charge in [-0.15, -0.1) is 0 Å². The largest absolute Gasteiger partial charge is 0.704 e. The highest BCUT2D eigenvalue weighted by Gasteiger charge is 2.62. The zero-order chi connectivity index (χ0) is 22.7. The molecule has 0 saturated heterocycles. The average molecular weight is 435 g/mol. The van der Waals surface area contributed by atoms with E-state index >= 15 is 0 Å². The first-order valence-corrected chi connectivity index (χ1v) is 12.9. The summed E-state index contributed by atoms with van der Waals surface area (Å²) in [6, 6.07) is 22.9. The Labute approximate surface area is 190 Å². The van der Waals surface area contributed by atoms with Crippen molar-refractivity contribution in [1.82, 2.24) is 9.13 Å². The van der Waals surface area contributed by atoms with Crippen molar-refractivity contribution in [2.24, 2.45) is 4.99 Å². The molecule has 0 fully saturated rings. The molecule has 2 aromatic rings. The van der Waals surface area contributed by atoms with Crippen LogP contribution < -0.4 is 0 Å². The molecule has 0 spiro atoms. The van der Waals surface area contributed by atoms with Crippen molar-refractivity contribution in [3.05, 3.63) is 71.8 Å². The summed E-state index contributed by atoms with van der Waals surface area (Å²) in [5.74, 6) is 2.46. The molecule has 4 nitrogen and oxygen atoms in total. The first kappa shape index (κ1) is 23.3. The molecule has 1 aliphatic rings. The standard InChI is InChI=1S/C26H38N4Si/c1-19(2)27-25(23-15-11-9-12-16-23)28(20(3)4)31-29(21(5)6)26(30(31)22(7)8)24-17-13-10-14-18-24/h9-22H,1-8H3/q+1. The summed E-state index contributed by atoms with van der Waals surface area (Å²) in [4.78, 5) is 5.16. The van der Waals surface area contributed by atoms with Crippen LogP contribution >= 0.6 is 0 Å². The van der Waals surface area contributed by atoms with E-state index in [1.807, 2.05) is 0 Å². The summed E-state index contributed by atoms with van der Waals surface area (Å²) < 4.78 is 7.91. The monoisotopic (exact) mass is 434 g/mol. The lowest BCUT2D eigenvalue weighted by atomic mass is 10.2. The fourth-order valence-electron chi connectivity index (χ4n) is 4.10. The van der Waals surface area contributed by atoms with E-state index in [1.165, 1.54) is 17.0 Å². The van der Waals surface area contributed by atoms with Gasteiger partial charge in [0.15, 0.2) is 0 Å². The zero-order valence-electron chi connectivity index (χ0n) is 20.4. The minimum absolute atomic E-state index is 0.233. The van der Waals surface area contributed by atoms with Crippen LogP contribution in [0, 0.1) is 0 Å². The van der Waals surface area contributed by atoms with Crippen LogP contribution in [0.3, 0.4) is 0 Å². The predicted octanol–water partition coefficient (Wildman–Crippen LogP) is 5.13. The maximum absolute atomic E-state index is 5.16. The van der Waals surface area contributed by atoms with Crippen molar-refractivity contribution in [1.29, 1.82) is 0 Å². The lowest BCUT2D eigenvalue weighted by molar-refractivity contribution is -0.471. The van der Waals surface area contributed by atoms with Gasteiger partial charge in [0.05, 0.1) is 17.6 Å². The zero-order valence-corrected chi connectivity index (χ0v) is 21.4. The number of rotatable bonds is 7. The van der Waals surface area contributed by atoms with Crippen LogP contribution in [0.15, 0.2) is 65.7 Å². The molecule has 3 rings (SSSR count). The number of amidine groups is 2. The van der Waals surface area contributed by atoms with Crippen LogP contribution in [0.4, 0.5) is 0 Å². The van der Waals surface area contributed by atoms with E-state index in [9.17, 15) is 0 Å². The molecule has 0 saturated carbocycles. The minimum Gasteiger partial charge on any atom is -0.305 e. The number of hydrogen-bond donors (Lipinski definition) is 0. The van der Waals surface area contributed by atoms with Gasteiger partial charge in [-0.1, -0.05) is 48.5 Å². The second-order valence-corrected chi connectivity index (χ2v) is 11.3. The van der Waals surface area contributed by atoms with E-state index in [4.69, 9.17) is 4.99 Å². The summed E-state index contributed by atoms with van der Waals surface area (Å²) in [5, 5.41) is 0. The van der Waals surface area contributed by atoms with Crippen molar-refractivity contribution in [3.63, 3.8) is 0 Å².